The fourth-order valence-electron chi connectivity index (χ4n) is 1.17. The Morgan fingerprint density at radius 2 is 2.07 bits per heavy atom. The number of nitrogens with zero attached hydrogens (tertiary/aromatic N) is 1. The SMILES string of the molecule is COc1cccc(CC(Cl)C(C)(C)C)n1. The molecule has 15 heavy (non-hydrogen) atoms. The summed E-state index contributed by atoms with van der Waals surface area (Å²) in [4.78, 5) is 4.34. The third-order valence-corrected chi connectivity index (χ3v) is 3.13. The van der Waals surface area contributed by atoms with Gasteiger partial charge in [-0.2, -0.15) is 0 Å². The predicted molar refractivity (Wildman–Crippen MR) is 63.6 cm³/mol. The Labute approximate surface area is 96.6 Å². The van der Waals surface area contributed by atoms with Gasteiger partial charge in [0.2, 0.25) is 5.88 Å². The lowest BCUT2D eigenvalue weighted by Gasteiger charge is -2.24. The quantitative estimate of drug-likeness (QED) is 0.740. The van der Waals surface area contributed by atoms with Crippen molar-refractivity contribution in [2.75, 3.05) is 7.11 Å². The summed E-state index contributed by atoms with van der Waals surface area (Å²) in [5.41, 5.74) is 1.07. The summed E-state index contributed by atoms with van der Waals surface area (Å²) in [6, 6.07) is 5.75. The van der Waals surface area contributed by atoms with Gasteiger partial charge in [-0.15, -0.1) is 11.6 Å². The Morgan fingerprint density at radius 3 is 2.60 bits per heavy atom. The molecule has 0 aliphatic rings. The number of rotatable bonds is 3. The molecule has 0 amide bonds. The molecule has 3 heteroatoms. The maximum absolute atomic E-state index is 6.31. The standard InChI is InChI=1S/C12H18ClNO/c1-12(2,3)10(13)8-9-6-5-7-11(14-9)15-4/h5-7,10H,8H2,1-4H3. The first-order valence-corrected chi connectivity index (χ1v) is 5.51. The van der Waals surface area contributed by atoms with E-state index in [9.17, 15) is 0 Å². The average Bonchev–Trinajstić information content (AvgIpc) is 2.16. The fraction of sp³-hybridized carbons (Fsp3) is 0.583. The maximum Gasteiger partial charge on any atom is 0.213 e. The molecule has 1 aromatic rings. The summed E-state index contributed by atoms with van der Waals surface area (Å²) in [6.45, 7) is 6.39. The number of ether oxygens (including phenoxy) is 1. The van der Waals surface area contributed by atoms with Crippen LogP contribution in [0.25, 0.3) is 0 Å². The molecule has 0 saturated heterocycles. The van der Waals surface area contributed by atoms with Crippen molar-refractivity contribution in [3.05, 3.63) is 23.9 Å². The second kappa shape index (κ2) is 4.84. The Bertz CT molecular complexity index is 320. The van der Waals surface area contributed by atoms with Crippen LogP contribution >= 0.6 is 11.6 Å². The van der Waals surface area contributed by atoms with Gasteiger partial charge in [-0.05, 0) is 11.5 Å². The van der Waals surface area contributed by atoms with Crippen molar-refractivity contribution in [1.82, 2.24) is 4.98 Å². The smallest absolute Gasteiger partial charge is 0.213 e. The summed E-state index contributed by atoms with van der Waals surface area (Å²) in [5, 5.41) is 0.0807. The number of alkyl halides is 1. The molecule has 0 bridgehead atoms. The summed E-state index contributed by atoms with van der Waals surface area (Å²) in [5.74, 6) is 0.644. The predicted octanol–water partition coefficient (Wildman–Crippen LogP) is 3.29. The minimum absolute atomic E-state index is 0.0807. The molecular formula is C12H18ClNO. The number of methoxy groups -OCH3 is 1. The Balaban J connectivity index is 2.72. The first-order chi connectivity index (χ1) is 6.93. The van der Waals surface area contributed by atoms with Gasteiger partial charge in [0.1, 0.15) is 0 Å². The van der Waals surface area contributed by atoms with Crippen LogP contribution < -0.4 is 4.74 Å². The van der Waals surface area contributed by atoms with E-state index < -0.39 is 0 Å². The van der Waals surface area contributed by atoms with Crippen molar-refractivity contribution in [3.8, 4) is 5.88 Å². The largest absolute Gasteiger partial charge is 0.481 e. The van der Waals surface area contributed by atoms with Gasteiger partial charge in [0.05, 0.1) is 7.11 Å². The first-order valence-electron chi connectivity index (χ1n) is 5.07. The molecule has 0 aromatic carbocycles. The zero-order valence-corrected chi connectivity index (χ0v) is 10.5. The van der Waals surface area contributed by atoms with E-state index in [1.165, 1.54) is 0 Å². The van der Waals surface area contributed by atoms with E-state index in [0.717, 1.165) is 12.1 Å². The van der Waals surface area contributed by atoms with Crippen LogP contribution in [0.3, 0.4) is 0 Å². The van der Waals surface area contributed by atoms with Crippen LogP contribution in [-0.4, -0.2) is 17.5 Å². The van der Waals surface area contributed by atoms with E-state index in [1.54, 1.807) is 7.11 Å². The second-order valence-electron chi connectivity index (χ2n) is 4.71. The molecule has 0 spiro atoms. The van der Waals surface area contributed by atoms with Crippen molar-refractivity contribution >= 4 is 11.6 Å². The molecule has 1 heterocycles. The summed E-state index contributed by atoms with van der Waals surface area (Å²) in [6.07, 6.45) is 0.766. The minimum Gasteiger partial charge on any atom is -0.481 e. The van der Waals surface area contributed by atoms with Crippen molar-refractivity contribution in [3.63, 3.8) is 0 Å². The molecule has 0 fully saturated rings. The molecule has 1 unspecified atom stereocenters. The highest BCUT2D eigenvalue weighted by Crippen LogP contribution is 2.27. The molecule has 0 saturated carbocycles. The van der Waals surface area contributed by atoms with E-state index in [-0.39, 0.29) is 10.8 Å². The van der Waals surface area contributed by atoms with Crippen LogP contribution in [0.2, 0.25) is 0 Å². The number of hydrogen-bond acceptors (Lipinski definition) is 2. The summed E-state index contributed by atoms with van der Waals surface area (Å²) in [7, 11) is 1.62. The van der Waals surface area contributed by atoms with Gasteiger partial charge in [0.15, 0.2) is 0 Å². The van der Waals surface area contributed by atoms with Gasteiger partial charge in [-0.1, -0.05) is 26.8 Å². The van der Waals surface area contributed by atoms with Crippen LogP contribution in [0.5, 0.6) is 5.88 Å². The first kappa shape index (κ1) is 12.3. The molecule has 0 radical (unpaired) electrons. The highest BCUT2D eigenvalue weighted by Gasteiger charge is 2.22. The van der Waals surface area contributed by atoms with Crippen molar-refractivity contribution in [1.29, 1.82) is 0 Å². The lowest BCUT2D eigenvalue weighted by atomic mass is 9.89. The van der Waals surface area contributed by atoms with E-state index in [1.807, 2.05) is 18.2 Å². The highest BCUT2D eigenvalue weighted by atomic mass is 35.5. The van der Waals surface area contributed by atoms with E-state index >= 15 is 0 Å². The second-order valence-corrected chi connectivity index (χ2v) is 5.24. The third-order valence-electron chi connectivity index (χ3n) is 2.32. The van der Waals surface area contributed by atoms with Crippen molar-refractivity contribution in [2.24, 2.45) is 5.41 Å². The van der Waals surface area contributed by atoms with Gasteiger partial charge in [0, 0.05) is 23.6 Å². The van der Waals surface area contributed by atoms with E-state index in [0.29, 0.717) is 5.88 Å². The Morgan fingerprint density at radius 1 is 1.40 bits per heavy atom. The lowest BCUT2D eigenvalue weighted by Crippen LogP contribution is -2.23. The van der Waals surface area contributed by atoms with Gasteiger partial charge in [0.25, 0.3) is 0 Å². The third kappa shape index (κ3) is 3.71. The molecule has 0 aliphatic carbocycles. The van der Waals surface area contributed by atoms with Crippen molar-refractivity contribution in [2.45, 2.75) is 32.6 Å². The summed E-state index contributed by atoms with van der Waals surface area (Å²) >= 11 is 6.31. The van der Waals surface area contributed by atoms with Crippen LogP contribution in [0.1, 0.15) is 26.5 Å². The zero-order chi connectivity index (χ0) is 11.5. The van der Waals surface area contributed by atoms with Gasteiger partial charge in [-0.3, -0.25) is 0 Å². The minimum atomic E-state index is 0.0807. The molecule has 1 aromatic heterocycles. The van der Waals surface area contributed by atoms with Crippen LogP contribution in [0.15, 0.2) is 18.2 Å². The number of halogens is 1. The van der Waals surface area contributed by atoms with Crippen LogP contribution in [0, 0.1) is 5.41 Å². The molecule has 2 nitrogen and oxygen atoms in total. The Hall–Kier alpha value is -0.760. The Kier molecular flexibility index (Phi) is 3.97. The van der Waals surface area contributed by atoms with Crippen molar-refractivity contribution < 1.29 is 4.74 Å². The maximum atomic E-state index is 6.31. The monoisotopic (exact) mass is 227 g/mol. The van der Waals surface area contributed by atoms with Gasteiger partial charge < -0.3 is 4.74 Å². The average molecular weight is 228 g/mol. The van der Waals surface area contributed by atoms with E-state index in [2.05, 4.69) is 25.8 Å². The van der Waals surface area contributed by atoms with E-state index in [4.69, 9.17) is 16.3 Å². The van der Waals surface area contributed by atoms with Crippen LogP contribution in [0.4, 0.5) is 0 Å². The number of aromatic nitrogens is 1. The lowest BCUT2D eigenvalue weighted by molar-refractivity contribution is 0.377. The summed E-state index contributed by atoms with van der Waals surface area (Å²) < 4.78 is 5.07. The molecule has 84 valence electrons. The molecular weight excluding hydrogens is 210 g/mol. The zero-order valence-electron chi connectivity index (χ0n) is 9.75. The van der Waals surface area contributed by atoms with Gasteiger partial charge in [-0.25, -0.2) is 4.98 Å². The number of pyridine rings is 1. The number of hydrogen-bond donors (Lipinski definition) is 0. The molecule has 1 rings (SSSR count). The highest BCUT2D eigenvalue weighted by molar-refractivity contribution is 6.21. The molecule has 0 aliphatic heterocycles. The fourth-order valence-corrected chi connectivity index (χ4v) is 1.33. The van der Waals surface area contributed by atoms with Crippen LogP contribution in [-0.2, 0) is 6.42 Å². The normalized spacial score (nSPS) is 13.7. The topological polar surface area (TPSA) is 22.1 Å². The van der Waals surface area contributed by atoms with Gasteiger partial charge >= 0.3 is 0 Å². The molecule has 1 atom stereocenters. The molecule has 0 N–H and O–H groups in total.